The molecule has 3 aromatic heterocycles. The molecule has 0 aromatic carbocycles. The van der Waals surface area contributed by atoms with Gasteiger partial charge in [-0.3, -0.25) is 10.1 Å². The molecule has 2 fully saturated rings. The number of piperidine rings is 1. The second-order valence-electron chi connectivity index (χ2n) is 9.94. The highest BCUT2D eigenvalue weighted by Gasteiger charge is 2.45. The summed E-state index contributed by atoms with van der Waals surface area (Å²) in [4.78, 5) is 28.4. The zero-order valence-corrected chi connectivity index (χ0v) is 19.4. The molecular formula is C23H30N8O2. The highest BCUT2D eigenvalue weighted by Crippen LogP contribution is 2.38. The Balaban J connectivity index is 1.34. The Labute approximate surface area is 192 Å². The molecular weight excluding hydrogens is 420 g/mol. The molecule has 5 rings (SSSR count). The van der Waals surface area contributed by atoms with Crippen molar-refractivity contribution >= 4 is 34.6 Å². The number of aromatic nitrogens is 5. The van der Waals surface area contributed by atoms with Gasteiger partial charge in [0.25, 0.3) is 0 Å². The number of H-pyrrole nitrogens is 1. The highest BCUT2D eigenvalue weighted by atomic mass is 16.6. The first-order valence-electron chi connectivity index (χ1n) is 11.4. The summed E-state index contributed by atoms with van der Waals surface area (Å²) in [5, 5.41) is 14.9. The monoisotopic (exact) mass is 450 g/mol. The minimum Gasteiger partial charge on any atom is -0.444 e. The van der Waals surface area contributed by atoms with Gasteiger partial charge in [-0.25, -0.2) is 9.78 Å². The fourth-order valence-electron chi connectivity index (χ4n) is 4.83. The lowest BCUT2D eigenvalue weighted by molar-refractivity contribution is 0.00682. The van der Waals surface area contributed by atoms with Crippen LogP contribution in [0.15, 0.2) is 24.5 Å². The van der Waals surface area contributed by atoms with Crippen molar-refractivity contribution in [3.63, 3.8) is 0 Å². The van der Waals surface area contributed by atoms with Crippen LogP contribution in [-0.2, 0) is 4.74 Å². The predicted molar refractivity (Wildman–Crippen MR) is 125 cm³/mol. The zero-order valence-electron chi connectivity index (χ0n) is 19.4. The molecule has 2 aliphatic heterocycles. The molecule has 3 aromatic rings. The maximum atomic E-state index is 12.7. The van der Waals surface area contributed by atoms with E-state index in [-0.39, 0.29) is 24.2 Å². The summed E-state index contributed by atoms with van der Waals surface area (Å²) in [6.07, 6.45) is 6.92. The largest absolute Gasteiger partial charge is 0.444 e. The normalized spacial score (nSPS) is 22.4. The molecule has 1 amide bonds. The van der Waals surface area contributed by atoms with Gasteiger partial charge >= 0.3 is 6.09 Å². The maximum Gasteiger partial charge on any atom is 0.410 e. The molecule has 0 spiro atoms. The molecule has 2 aliphatic rings. The first kappa shape index (κ1) is 21.4. The van der Waals surface area contributed by atoms with E-state index in [2.05, 4.69) is 25.8 Å². The van der Waals surface area contributed by atoms with Crippen LogP contribution in [0.4, 0.5) is 22.4 Å². The molecule has 2 bridgehead atoms. The molecule has 174 valence electrons. The van der Waals surface area contributed by atoms with E-state index in [1.54, 1.807) is 12.4 Å². The number of aromatic amines is 1. The molecule has 5 heterocycles. The first-order valence-corrected chi connectivity index (χ1v) is 11.4. The van der Waals surface area contributed by atoms with Crippen LogP contribution in [0.5, 0.6) is 0 Å². The summed E-state index contributed by atoms with van der Waals surface area (Å²) in [6.45, 7) is 7.67. The molecule has 33 heavy (non-hydrogen) atoms. The van der Waals surface area contributed by atoms with Gasteiger partial charge < -0.3 is 20.3 Å². The summed E-state index contributed by atoms with van der Waals surface area (Å²) in [7, 11) is 0. The van der Waals surface area contributed by atoms with Crippen LogP contribution in [0.1, 0.15) is 52.1 Å². The molecule has 2 saturated heterocycles. The van der Waals surface area contributed by atoms with E-state index in [1.165, 1.54) is 0 Å². The van der Waals surface area contributed by atoms with Gasteiger partial charge in [-0.05, 0) is 59.4 Å². The SMILES string of the molecule is Cc1cc(Nc2nc(NC3CC4CC[C@@H](C3)N4C(=O)OC(C)(C)C)nc3cnccc23)n[nH]1. The molecule has 0 radical (unpaired) electrons. The summed E-state index contributed by atoms with van der Waals surface area (Å²) in [5.41, 5.74) is 1.22. The quantitative estimate of drug-likeness (QED) is 0.542. The second-order valence-corrected chi connectivity index (χ2v) is 9.94. The average molecular weight is 451 g/mol. The number of ether oxygens (including phenoxy) is 1. The molecule has 3 N–H and O–H groups in total. The summed E-state index contributed by atoms with van der Waals surface area (Å²) in [5.74, 6) is 1.91. The van der Waals surface area contributed by atoms with Crippen LogP contribution in [0.2, 0.25) is 0 Å². The zero-order chi connectivity index (χ0) is 23.2. The Hall–Kier alpha value is -3.43. The third-order valence-corrected chi connectivity index (χ3v) is 6.12. The first-order chi connectivity index (χ1) is 15.7. The van der Waals surface area contributed by atoms with Gasteiger partial charge in [0.15, 0.2) is 5.82 Å². The lowest BCUT2D eigenvalue weighted by atomic mass is 9.98. The molecule has 10 heteroatoms. The van der Waals surface area contributed by atoms with Gasteiger partial charge in [0.2, 0.25) is 5.95 Å². The van der Waals surface area contributed by atoms with Crippen molar-refractivity contribution in [2.24, 2.45) is 0 Å². The summed E-state index contributed by atoms with van der Waals surface area (Å²) in [6, 6.07) is 4.33. The van der Waals surface area contributed by atoms with E-state index >= 15 is 0 Å². The van der Waals surface area contributed by atoms with Crippen molar-refractivity contribution in [2.45, 2.75) is 77.1 Å². The standard InChI is InChI=1S/C23H30N8O2/c1-13-9-19(30-29-13)27-20-17-7-8-24-12-18(17)26-21(28-20)25-14-10-15-5-6-16(11-14)31(15)22(32)33-23(2,3)4/h7-9,12,14-16H,5-6,10-11H2,1-4H3,(H3,25,26,27,28,29,30)/t14?,15-,16?/m0/s1. The Bertz CT molecular complexity index is 1160. The van der Waals surface area contributed by atoms with Crippen molar-refractivity contribution in [3.8, 4) is 0 Å². The number of nitrogens with zero attached hydrogens (tertiary/aromatic N) is 5. The number of anilines is 3. The number of hydrogen-bond donors (Lipinski definition) is 3. The third kappa shape index (κ3) is 4.55. The number of aryl methyl sites for hydroxylation is 1. The van der Waals surface area contributed by atoms with Crippen molar-refractivity contribution in [3.05, 3.63) is 30.2 Å². The number of fused-ring (bicyclic) bond motifs is 3. The third-order valence-electron chi connectivity index (χ3n) is 6.12. The van der Waals surface area contributed by atoms with Crippen LogP contribution < -0.4 is 10.6 Å². The Morgan fingerprint density at radius 2 is 1.97 bits per heavy atom. The highest BCUT2D eigenvalue weighted by molar-refractivity contribution is 5.90. The minimum absolute atomic E-state index is 0.169. The van der Waals surface area contributed by atoms with Crippen LogP contribution in [0.3, 0.4) is 0 Å². The van der Waals surface area contributed by atoms with E-state index < -0.39 is 5.60 Å². The number of pyridine rings is 1. The Morgan fingerprint density at radius 1 is 1.21 bits per heavy atom. The van der Waals surface area contributed by atoms with Crippen molar-refractivity contribution < 1.29 is 9.53 Å². The predicted octanol–water partition coefficient (Wildman–Crippen LogP) is 4.14. The van der Waals surface area contributed by atoms with E-state index in [0.29, 0.717) is 17.6 Å². The van der Waals surface area contributed by atoms with Gasteiger partial charge in [-0.15, -0.1) is 0 Å². The average Bonchev–Trinajstić information content (AvgIpc) is 3.27. The molecule has 2 unspecified atom stereocenters. The lowest BCUT2D eigenvalue weighted by Gasteiger charge is -2.39. The summed E-state index contributed by atoms with van der Waals surface area (Å²) >= 11 is 0. The smallest absolute Gasteiger partial charge is 0.410 e. The Kier molecular flexibility index (Phi) is 5.30. The van der Waals surface area contributed by atoms with Gasteiger partial charge in [0, 0.05) is 41.5 Å². The van der Waals surface area contributed by atoms with Crippen molar-refractivity contribution in [1.82, 2.24) is 30.0 Å². The number of nitrogens with one attached hydrogen (secondary N) is 3. The van der Waals surface area contributed by atoms with E-state index in [4.69, 9.17) is 14.7 Å². The van der Waals surface area contributed by atoms with Crippen molar-refractivity contribution in [1.29, 1.82) is 0 Å². The van der Waals surface area contributed by atoms with Gasteiger partial charge in [0.1, 0.15) is 11.4 Å². The van der Waals surface area contributed by atoms with E-state index in [1.807, 2.05) is 44.7 Å². The van der Waals surface area contributed by atoms with Gasteiger partial charge in [-0.1, -0.05) is 0 Å². The number of carbonyl (C=O) groups excluding carboxylic acids is 1. The molecule has 0 saturated carbocycles. The van der Waals surface area contributed by atoms with Crippen molar-refractivity contribution in [2.75, 3.05) is 10.6 Å². The number of hydrogen-bond acceptors (Lipinski definition) is 8. The minimum atomic E-state index is -0.491. The fraction of sp³-hybridized carbons (Fsp3) is 0.522. The lowest BCUT2D eigenvalue weighted by Crippen LogP contribution is -2.51. The summed E-state index contributed by atoms with van der Waals surface area (Å²) < 4.78 is 5.65. The number of carbonyl (C=O) groups is 1. The number of rotatable bonds is 4. The second kappa shape index (κ2) is 8.17. The number of amides is 1. The van der Waals surface area contributed by atoms with Crippen LogP contribution in [0.25, 0.3) is 10.9 Å². The Morgan fingerprint density at radius 3 is 2.64 bits per heavy atom. The van der Waals surface area contributed by atoms with Crippen LogP contribution >= 0.6 is 0 Å². The molecule has 0 aliphatic carbocycles. The van der Waals surface area contributed by atoms with Gasteiger partial charge in [-0.2, -0.15) is 10.1 Å². The van der Waals surface area contributed by atoms with Crippen LogP contribution in [0, 0.1) is 6.92 Å². The van der Waals surface area contributed by atoms with E-state index in [0.717, 1.165) is 42.3 Å². The van der Waals surface area contributed by atoms with Gasteiger partial charge in [0.05, 0.1) is 11.7 Å². The molecule has 10 nitrogen and oxygen atoms in total. The fourth-order valence-corrected chi connectivity index (χ4v) is 4.83. The molecule has 3 atom stereocenters. The topological polar surface area (TPSA) is 121 Å². The maximum absolute atomic E-state index is 12.7. The van der Waals surface area contributed by atoms with Crippen LogP contribution in [-0.4, -0.2) is 59.9 Å². The van der Waals surface area contributed by atoms with E-state index in [9.17, 15) is 4.79 Å².